The van der Waals surface area contributed by atoms with Crippen LogP contribution in [0, 0.1) is 0 Å². The first-order chi connectivity index (χ1) is 9.67. The Hall–Kier alpha value is -1.52. The molecule has 1 saturated heterocycles. The van der Waals surface area contributed by atoms with Crippen molar-refractivity contribution < 1.29 is 19.1 Å². The van der Waals surface area contributed by atoms with Crippen LogP contribution in [0.5, 0.6) is 0 Å². The molecule has 21 heavy (non-hydrogen) atoms. The molecule has 1 rings (SSSR count). The Morgan fingerprint density at radius 1 is 1.29 bits per heavy atom. The van der Waals surface area contributed by atoms with Gasteiger partial charge in [0.25, 0.3) is 0 Å². The van der Waals surface area contributed by atoms with Gasteiger partial charge in [-0.15, -0.1) is 6.58 Å². The summed E-state index contributed by atoms with van der Waals surface area (Å²) in [6.07, 6.45) is 4.34. The first-order valence-corrected chi connectivity index (χ1v) is 7.46. The van der Waals surface area contributed by atoms with Crippen LogP contribution in [0.3, 0.4) is 0 Å². The molecule has 1 aliphatic heterocycles. The van der Waals surface area contributed by atoms with Gasteiger partial charge in [-0.25, -0.2) is 4.79 Å². The minimum atomic E-state index is -0.496. The van der Waals surface area contributed by atoms with E-state index in [4.69, 9.17) is 9.47 Å². The van der Waals surface area contributed by atoms with E-state index in [1.807, 2.05) is 26.8 Å². The van der Waals surface area contributed by atoms with Gasteiger partial charge >= 0.3 is 12.1 Å². The first kappa shape index (κ1) is 17.5. The zero-order valence-corrected chi connectivity index (χ0v) is 13.6. The monoisotopic (exact) mass is 297 g/mol. The molecule has 0 spiro atoms. The summed E-state index contributed by atoms with van der Waals surface area (Å²) in [5.74, 6) is -0.273. The SMILES string of the molecule is C=CCCC1(OC(C)=O)CCN(C(=O)OC(C)(C)C)CC1. The molecular formula is C16H27NO4. The van der Waals surface area contributed by atoms with Gasteiger partial charge in [-0.3, -0.25) is 4.79 Å². The Kier molecular flexibility index (Phi) is 5.81. The van der Waals surface area contributed by atoms with Crippen molar-refractivity contribution in [2.45, 2.75) is 64.6 Å². The molecule has 0 unspecified atom stereocenters. The lowest BCUT2D eigenvalue weighted by Gasteiger charge is -2.41. The molecule has 0 radical (unpaired) electrons. The molecule has 0 aromatic rings. The summed E-state index contributed by atoms with van der Waals surface area (Å²) >= 11 is 0. The van der Waals surface area contributed by atoms with Crippen LogP contribution >= 0.6 is 0 Å². The molecule has 0 aromatic carbocycles. The molecule has 120 valence electrons. The average Bonchev–Trinajstić information content (AvgIpc) is 2.34. The molecule has 1 fully saturated rings. The topological polar surface area (TPSA) is 55.8 Å². The molecule has 5 nitrogen and oxygen atoms in total. The number of hydrogen-bond donors (Lipinski definition) is 0. The molecule has 0 atom stereocenters. The van der Waals surface area contributed by atoms with Gasteiger partial charge in [-0.1, -0.05) is 6.08 Å². The van der Waals surface area contributed by atoms with Gasteiger partial charge in [0, 0.05) is 32.9 Å². The standard InChI is InChI=1S/C16H27NO4/c1-6-7-8-16(20-13(2)18)9-11-17(12-10-16)14(19)21-15(3,4)5/h6H,1,7-12H2,2-5H3. The second-order valence-electron chi connectivity index (χ2n) is 6.57. The molecule has 0 N–H and O–H groups in total. The van der Waals surface area contributed by atoms with Crippen molar-refractivity contribution in [1.82, 2.24) is 4.90 Å². The minimum absolute atomic E-state index is 0.273. The van der Waals surface area contributed by atoms with Crippen molar-refractivity contribution in [3.8, 4) is 0 Å². The molecule has 0 aliphatic carbocycles. The van der Waals surface area contributed by atoms with E-state index in [0.29, 0.717) is 25.9 Å². The third-order valence-corrected chi connectivity index (χ3v) is 3.49. The number of carbonyl (C=O) groups excluding carboxylic acids is 2. The quantitative estimate of drug-likeness (QED) is 0.590. The fourth-order valence-electron chi connectivity index (χ4n) is 2.50. The Morgan fingerprint density at radius 3 is 2.29 bits per heavy atom. The molecular weight excluding hydrogens is 270 g/mol. The molecule has 1 heterocycles. The molecule has 0 aromatic heterocycles. The predicted molar refractivity (Wildman–Crippen MR) is 81.0 cm³/mol. The van der Waals surface area contributed by atoms with E-state index in [1.165, 1.54) is 6.92 Å². The number of allylic oxidation sites excluding steroid dienone is 1. The van der Waals surface area contributed by atoms with Gasteiger partial charge in [0.2, 0.25) is 0 Å². The number of ether oxygens (including phenoxy) is 2. The molecule has 1 amide bonds. The highest BCUT2D eigenvalue weighted by Gasteiger charge is 2.39. The summed E-state index contributed by atoms with van der Waals surface area (Å²) in [6.45, 7) is 11.8. The van der Waals surface area contributed by atoms with Crippen LogP contribution in [-0.4, -0.2) is 41.3 Å². The van der Waals surface area contributed by atoms with Gasteiger partial charge in [0.15, 0.2) is 0 Å². The number of carbonyl (C=O) groups is 2. The maximum Gasteiger partial charge on any atom is 0.410 e. The third-order valence-electron chi connectivity index (χ3n) is 3.49. The van der Waals surface area contributed by atoms with Gasteiger partial charge in [-0.2, -0.15) is 0 Å². The van der Waals surface area contributed by atoms with Crippen molar-refractivity contribution in [2.24, 2.45) is 0 Å². The summed E-state index contributed by atoms with van der Waals surface area (Å²) in [5, 5.41) is 0. The number of amides is 1. The van der Waals surface area contributed by atoms with Crippen LogP contribution < -0.4 is 0 Å². The van der Waals surface area contributed by atoms with E-state index in [-0.39, 0.29) is 12.1 Å². The predicted octanol–water partition coefficient (Wildman–Crippen LogP) is 3.29. The number of likely N-dealkylation sites (tertiary alicyclic amines) is 1. The number of nitrogens with zero attached hydrogens (tertiary/aromatic N) is 1. The van der Waals surface area contributed by atoms with Crippen LogP contribution in [0.15, 0.2) is 12.7 Å². The Balaban J connectivity index is 2.63. The summed E-state index contributed by atoms with van der Waals surface area (Å²) < 4.78 is 10.9. The van der Waals surface area contributed by atoms with E-state index in [2.05, 4.69) is 6.58 Å². The molecule has 1 aliphatic rings. The fraction of sp³-hybridized carbons (Fsp3) is 0.750. The van der Waals surface area contributed by atoms with Crippen molar-refractivity contribution in [2.75, 3.05) is 13.1 Å². The van der Waals surface area contributed by atoms with Crippen molar-refractivity contribution in [1.29, 1.82) is 0 Å². The lowest BCUT2D eigenvalue weighted by atomic mass is 9.86. The largest absolute Gasteiger partial charge is 0.459 e. The van der Waals surface area contributed by atoms with Crippen molar-refractivity contribution in [3.63, 3.8) is 0 Å². The summed E-state index contributed by atoms with van der Waals surface area (Å²) in [4.78, 5) is 25.1. The zero-order valence-electron chi connectivity index (χ0n) is 13.6. The second kappa shape index (κ2) is 6.96. The molecule has 0 saturated carbocycles. The maximum atomic E-state index is 12.0. The van der Waals surface area contributed by atoms with Crippen LogP contribution in [0.4, 0.5) is 4.79 Å². The summed E-state index contributed by atoms with van der Waals surface area (Å²) in [6, 6.07) is 0. The van der Waals surface area contributed by atoms with E-state index >= 15 is 0 Å². The minimum Gasteiger partial charge on any atom is -0.459 e. The molecule has 0 bridgehead atoms. The highest BCUT2D eigenvalue weighted by Crippen LogP contribution is 2.32. The van der Waals surface area contributed by atoms with Crippen molar-refractivity contribution >= 4 is 12.1 Å². The van der Waals surface area contributed by atoms with E-state index in [0.717, 1.165) is 12.8 Å². The van der Waals surface area contributed by atoms with Crippen LogP contribution in [0.25, 0.3) is 0 Å². The number of esters is 1. The summed E-state index contributed by atoms with van der Waals surface area (Å²) in [5.41, 5.74) is -0.969. The second-order valence-corrected chi connectivity index (χ2v) is 6.57. The Bertz CT molecular complexity index is 390. The smallest absolute Gasteiger partial charge is 0.410 e. The fourth-order valence-corrected chi connectivity index (χ4v) is 2.50. The van der Waals surface area contributed by atoms with Gasteiger partial charge in [0.05, 0.1) is 0 Å². The first-order valence-electron chi connectivity index (χ1n) is 7.46. The molecule has 5 heteroatoms. The third kappa shape index (κ3) is 5.78. The highest BCUT2D eigenvalue weighted by atomic mass is 16.6. The van der Waals surface area contributed by atoms with Crippen LogP contribution in [-0.2, 0) is 14.3 Å². The Morgan fingerprint density at radius 2 is 1.86 bits per heavy atom. The lowest BCUT2D eigenvalue weighted by molar-refractivity contribution is -0.162. The number of piperidine rings is 1. The lowest BCUT2D eigenvalue weighted by Crippen LogP contribution is -2.49. The maximum absolute atomic E-state index is 12.0. The van der Waals surface area contributed by atoms with Crippen LogP contribution in [0.1, 0.15) is 53.4 Å². The average molecular weight is 297 g/mol. The normalized spacial score (nSPS) is 18.0. The van der Waals surface area contributed by atoms with Gasteiger partial charge < -0.3 is 14.4 Å². The summed E-state index contributed by atoms with van der Waals surface area (Å²) in [7, 11) is 0. The number of hydrogen-bond acceptors (Lipinski definition) is 4. The highest BCUT2D eigenvalue weighted by molar-refractivity contribution is 5.68. The zero-order chi connectivity index (χ0) is 16.1. The van der Waals surface area contributed by atoms with Gasteiger partial charge in [0.1, 0.15) is 11.2 Å². The van der Waals surface area contributed by atoms with E-state index in [9.17, 15) is 9.59 Å². The van der Waals surface area contributed by atoms with Crippen LogP contribution in [0.2, 0.25) is 0 Å². The van der Waals surface area contributed by atoms with Crippen molar-refractivity contribution in [3.05, 3.63) is 12.7 Å². The van der Waals surface area contributed by atoms with E-state index in [1.54, 1.807) is 4.90 Å². The van der Waals surface area contributed by atoms with Gasteiger partial charge in [-0.05, 0) is 33.6 Å². The van der Waals surface area contributed by atoms with E-state index < -0.39 is 11.2 Å². The number of rotatable bonds is 4. The Labute approximate surface area is 127 Å².